The van der Waals surface area contributed by atoms with Gasteiger partial charge in [-0.3, -0.25) is 14.7 Å². The number of aromatic amines is 1. The lowest BCUT2D eigenvalue weighted by molar-refractivity contribution is -0.137. The van der Waals surface area contributed by atoms with Gasteiger partial charge in [0.1, 0.15) is 0 Å². The Morgan fingerprint density at radius 3 is 2.32 bits per heavy atom. The number of halogens is 3. The van der Waals surface area contributed by atoms with E-state index in [0.717, 1.165) is 30.7 Å². The van der Waals surface area contributed by atoms with Crippen molar-refractivity contribution in [3.8, 4) is 0 Å². The monoisotopic (exact) mass is 432 g/mol. The first kappa shape index (κ1) is 19.6. The molecule has 1 N–H and O–H groups in total. The van der Waals surface area contributed by atoms with Crippen molar-refractivity contribution in [3.63, 3.8) is 0 Å². The Labute approximate surface area is 174 Å². The van der Waals surface area contributed by atoms with Crippen LogP contribution in [0.1, 0.15) is 40.4 Å². The Balaban J connectivity index is 1.27. The summed E-state index contributed by atoms with van der Waals surface area (Å²) in [6.07, 6.45) is -2.36. The van der Waals surface area contributed by atoms with E-state index in [1.54, 1.807) is 4.90 Å². The number of alkyl halides is 3. The van der Waals surface area contributed by atoms with Crippen LogP contribution in [0, 0.1) is 0 Å². The smallest absolute Gasteiger partial charge is 0.338 e. The third-order valence-electron chi connectivity index (χ3n) is 5.66. The van der Waals surface area contributed by atoms with E-state index in [0.29, 0.717) is 43.8 Å². The number of H-pyrrole nitrogens is 1. The van der Waals surface area contributed by atoms with Crippen molar-refractivity contribution in [2.24, 2.45) is 0 Å². The van der Waals surface area contributed by atoms with Gasteiger partial charge in [-0.25, -0.2) is 4.98 Å². The van der Waals surface area contributed by atoms with Gasteiger partial charge in [0, 0.05) is 43.7 Å². The van der Waals surface area contributed by atoms with Gasteiger partial charge in [-0.05, 0) is 37.1 Å². The summed E-state index contributed by atoms with van der Waals surface area (Å²) in [6.45, 7) is 1.70. The highest BCUT2D eigenvalue weighted by Gasteiger charge is 2.31. The van der Waals surface area contributed by atoms with Crippen LogP contribution in [0.2, 0.25) is 0 Å². The minimum absolute atomic E-state index is 0.207. The molecule has 0 radical (unpaired) electrons. The maximum atomic E-state index is 12.7. The van der Waals surface area contributed by atoms with Gasteiger partial charge in [-0.1, -0.05) is 0 Å². The van der Waals surface area contributed by atoms with Crippen LogP contribution in [0.3, 0.4) is 0 Å². The molecule has 8 nitrogen and oxygen atoms in total. The molecule has 1 aromatic carbocycles. The predicted octanol–water partition coefficient (Wildman–Crippen LogP) is 2.28. The summed E-state index contributed by atoms with van der Waals surface area (Å²) in [5.74, 6) is 0.856. The fraction of sp³-hybridized carbons (Fsp3) is 0.400. The Hall–Kier alpha value is -3.37. The van der Waals surface area contributed by atoms with E-state index in [1.165, 1.54) is 22.7 Å². The Morgan fingerprint density at radius 2 is 1.71 bits per heavy atom. The molecule has 1 saturated heterocycles. The molecule has 2 fully saturated rings. The van der Waals surface area contributed by atoms with Crippen LogP contribution in [0.25, 0.3) is 5.78 Å². The van der Waals surface area contributed by atoms with Gasteiger partial charge in [-0.2, -0.15) is 22.7 Å². The third-order valence-corrected chi connectivity index (χ3v) is 5.66. The number of carbonyl (C=O) groups is 1. The SMILES string of the molecule is O=C(c1ccc(C(F)(F)F)cc1)N1CCN(c2nc3nc(C4CC4)cc(=O)n3[nH]2)CC1. The van der Waals surface area contributed by atoms with E-state index in [1.807, 2.05) is 4.90 Å². The quantitative estimate of drug-likeness (QED) is 0.686. The number of benzene rings is 1. The molecule has 1 saturated carbocycles. The maximum Gasteiger partial charge on any atom is 0.416 e. The number of fused-ring (bicyclic) bond motifs is 1. The van der Waals surface area contributed by atoms with Gasteiger partial charge in [-0.15, -0.1) is 0 Å². The highest BCUT2D eigenvalue weighted by molar-refractivity contribution is 5.94. The molecule has 0 spiro atoms. The molecule has 3 aromatic rings. The van der Waals surface area contributed by atoms with E-state index in [9.17, 15) is 22.8 Å². The van der Waals surface area contributed by atoms with Gasteiger partial charge in [0.2, 0.25) is 5.95 Å². The number of rotatable bonds is 3. The summed E-state index contributed by atoms with van der Waals surface area (Å²) in [5, 5.41) is 2.96. The number of carbonyl (C=O) groups excluding carboxylic acids is 1. The average molecular weight is 432 g/mol. The first-order valence-corrected chi connectivity index (χ1v) is 10.0. The van der Waals surface area contributed by atoms with Crippen LogP contribution < -0.4 is 10.5 Å². The Morgan fingerprint density at radius 1 is 1.03 bits per heavy atom. The lowest BCUT2D eigenvalue weighted by Crippen LogP contribution is -2.49. The van der Waals surface area contributed by atoms with Crippen molar-refractivity contribution in [2.45, 2.75) is 24.9 Å². The fourth-order valence-electron chi connectivity index (χ4n) is 3.72. The van der Waals surface area contributed by atoms with Gasteiger partial charge < -0.3 is 9.80 Å². The number of hydrogen-bond donors (Lipinski definition) is 1. The molecule has 11 heteroatoms. The summed E-state index contributed by atoms with van der Waals surface area (Å²) in [4.78, 5) is 37.4. The van der Waals surface area contributed by atoms with E-state index < -0.39 is 11.7 Å². The number of hydrogen-bond acceptors (Lipinski definition) is 5. The topological polar surface area (TPSA) is 86.6 Å². The number of anilines is 1. The van der Waals surface area contributed by atoms with Crippen LogP contribution in [0.5, 0.6) is 0 Å². The number of nitrogens with zero attached hydrogens (tertiary/aromatic N) is 5. The molecule has 0 unspecified atom stereocenters. The minimum Gasteiger partial charge on any atom is -0.338 e. The third kappa shape index (κ3) is 3.75. The Bertz CT molecular complexity index is 1190. The first-order chi connectivity index (χ1) is 14.8. The molecule has 5 rings (SSSR count). The van der Waals surface area contributed by atoms with Crippen LogP contribution in [0.4, 0.5) is 19.1 Å². The maximum absolute atomic E-state index is 12.7. The van der Waals surface area contributed by atoms with Gasteiger partial charge >= 0.3 is 6.18 Å². The van der Waals surface area contributed by atoms with Gasteiger partial charge in [0.15, 0.2) is 0 Å². The summed E-state index contributed by atoms with van der Waals surface area (Å²) in [5.41, 5.74) is -0.00207. The molecular weight excluding hydrogens is 413 g/mol. The fourth-order valence-corrected chi connectivity index (χ4v) is 3.72. The molecule has 162 valence electrons. The first-order valence-electron chi connectivity index (χ1n) is 10.0. The van der Waals surface area contributed by atoms with E-state index in [4.69, 9.17) is 0 Å². The van der Waals surface area contributed by atoms with Crippen molar-refractivity contribution in [3.05, 3.63) is 57.5 Å². The molecule has 0 atom stereocenters. The molecule has 1 amide bonds. The second-order valence-electron chi connectivity index (χ2n) is 7.83. The normalized spacial score (nSPS) is 17.4. The van der Waals surface area contributed by atoms with Crippen molar-refractivity contribution < 1.29 is 18.0 Å². The molecule has 2 aliphatic rings. The standard InChI is InChI=1S/C20H19F3N6O2/c21-20(22,23)14-5-3-13(4-6-14)17(31)27-7-9-28(10-8-27)19-25-18-24-15(12-1-2-12)11-16(30)29(18)26-19/h3-6,11-12H,1-2,7-10H2,(H,24,25,26). The number of piperazine rings is 1. The highest BCUT2D eigenvalue weighted by atomic mass is 19.4. The largest absolute Gasteiger partial charge is 0.416 e. The summed E-state index contributed by atoms with van der Waals surface area (Å²) < 4.78 is 39.4. The summed E-state index contributed by atoms with van der Waals surface area (Å²) in [7, 11) is 0. The van der Waals surface area contributed by atoms with Crippen LogP contribution in [-0.4, -0.2) is 56.6 Å². The van der Waals surface area contributed by atoms with E-state index in [-0.39, 0.29) is 17.0 Å². The second kappa shape index (κ2) is 7.10. The van der Waals surface area contributed by atoms with Gasteiger partial charge in [0.05, 0.1) is 11.3 Å². The lowest BCUT2D eigenvalue weighted by Gasteiger charge is -2.34. The molecule has 1 aliphatic heterocycles. The molecular formula is C20H19F3N6O2. The minimum atomic E-state index is -4.43. The zero-order chi connectivity index (χ0) is 21.8. The van der Waals surface area contributed by atoms with Crippen LogP contribution in [-0.2, 0) is 6.18 Å². The van der Waals surface area contributed by atoms with Crippen LogP contribution >= 0.6 is 0 Å². The molecule has 3 heterocycles. The molecule has 0 bridgehead atoms. The average Bonchev–Trinajstić information content (AvgIpc) is 3.52. The number of amides is 1. The zero-order valence-corrected chi connectivity index (χ0v) is 16.4. The summed E-state index contributed by atoms with van der Waals surface area (Å²) in [6, 6.07) is 5.77. The Kier molecular flexibility index (Phi) is 4.49. The molecule has 1 aliphatic carbocycles. The van der Waals surface area contributed by atoms with Crippen molar-refractivity contribution >= 4 is 17.6 Å². The van der Waals surface area contributed by atoms with Crippen molar-refractivity contribution in [1.29, 1.82) is 0 Å². The number of nitrogens with one attached hydrogen (secondary N) is 1. The predicted molar refractivity (Wildman–Crippen MR) is 105 cm³/mol. The van der Waals surface area contributed by atoms with Gasteiger partial charge in [0.25, 0.3) is 17.2 Å². The van der Waals surface area contributed by atoms with Crippen molar-refractivity contribution in [1.82, 2.24) is 24.5 Å². The second-order valence-corrected chi connectivity index (χ2v) is 7.83. The molecule has 31 heavy (non-hydrogen) atoms. The van der Waals surface area contributed by atoms with E-state index >= 15 is 0 Å². The van der Waals surface area contributed by atoms with Crippen molar-refractivity contribution in [2.75, 3.05) is 31.1 Å². The van der Waals surface area contributed by atoms with E-state index in [2.05, 4.69) is 15.1 Å². The summed E-state index contributed by atoms with van der Waals surface area (Å²) >= 11 is 0. The van der Waals surface area contributed by atoms with Crippen LogP contribution in [0.15, 0.2) is 35.1 Å². The highest BCUT2D eigenvalue weighted by Crippen LogP contribution is 2.38. The lowest BCUT2D eigenvalue weighted by atomic mass is 10.1. The number of aromatic nitrogens is 4. The molecule has 2 aromatic heterocycles. The zero-order valence-electron chi connectivity index (χ0n) is 16.4.